The quantitative estimate of drug-likeness (QED) is 0.662. The van der Waals surface area contributed by atoms with Crippen LogP contribution in [-0.2, 0) is 4.79 Å². The molecule has 2 heterocycles. The molecule has 78 valence electrons. The SMILES string of the molecule is O=C(O)C12CC3CC(CN1)CC(C3)C2. The van der Waals surface area contributed by atoms with Crippen LogP contribution in [0.15, 0.2) is 0 Å². The van der Waals surface area contributed by atoms with Gasteiger partial charge in [-0.15, -0.1) is 0 Å². The Hall–Kier alpha value is -0.570. The van der Waals surface area contributed by atoms with E-state index in [1.165, 1.54) is 19.3 Å². The summed E-state index contributed by atoms with van der Waals surface area (Å²) in [5.74, 6) is 1.49. The maximum Gasteiger partial charge on any atom is 0.323 e. The first-order valence-corrected chi connectivity index (χ1v) is 5.66. The van der Waals surface area contributed by atoms with Crippen molar-refractivity contribution in [2.45, 2.75) is 37.6 Å². The van der Waals surface area contributed by atoms with Crippen molar-refractivity contribution in [3.8, 4) is 0 Å². The molecule has 0 aromatic heterocycles. The predicted molar refractivity (Wildman–Crippen MR) is 51.9 cm³/mol. The van der Waals surface area contributed by atoms with Crippen molar-refractivity contribution in [1.82, 2.24) is 5.32 Å². The number of carbonyl (C=O) groups is 1. The smallest absolute Gasteiger partial charge is 0.323 e. The first-order valence-electron chi connectivity index (χ1n) is 5.66. The first-order chi connectivity index (χ1) is 6.68. The van der Waals surface area contributed by atoms with Gasteiger partial charge < -0.3 is 10.4 Å². The third-order valence-electron chi connectivity index (χ3n) is 4.41. The van der Waals surface area contributed by atoms with Gasteiger partial charge in [0.1, 0.15) is 5.54 Å². The minimum absolute atomic E-state index is 0.557. The largest absolute Gasteiger partial charge is 0.480 e. The lowest BCUT2D eigenvalue weighted by Gasteiger charge is -2.42. The van der Waals surface area contributed by atoms with Gasteiger partial charge in [0.25, 0.3) is 0 Å². The average molecular weight is 195 g/mol. The Morgan fingerprint density at radius 3 is 2.29 bits per heavy atom. The van der Waals surface area contributed by atoms with E-state index in [1.807, 2.05) is 0 Å². The highest BCUT2D eigenvalue weighted by atomic mass is 16.4. The average Bonchev–Trinajstić information content (AvgIpc) is 2.31. The van der Waals surface area contributed by atoms with Crippen LogP contribution in [0.1, 0.15) is 32.1 Å². The summed E-state index contributed by atoms with van der Waals surface area (Å²) >= 11 is 0. The summed E-state index contributed by atoms with van der Waals surface area (Å²) in [6.07, 6.45) is 5.55. The van der Waals surface area contributed by atoms with Crippen molar-refractivity contribution < 1.29 is 9.90 Å². The number of carboxylic acid groups (broad SMARTS) is 1. The molecule has 4 bridgehead atoms. The molecule has 2 atom stereocenters. The normalized spacial score (nSPS) is 50.4. The van der Waals surface area contributed by atoms with Crippen molar-refractivity contribution >= 4 is 5.97 Å². The highest BCUT2D eigenvalue weighted by Gasteiger charge is 2.51. The van der Waals surface area contributed by atoms with Crippen LogP contribution in [0, 0.1) is 17.8 Å². The third-order valence-corrected chi connectivity index (χ3v) is 4.41. The summed E-state index contributed by atoms with van der Waals surface area (Å²) in [6, 6.07) is 0. The summed E-state index contributed by atoms with van der Waals surface area (Å²) in [4.78, 5) is 11.3. The van der Waals surface area contributed by atoms with E-state index in [9.17, 15) is 9.90 Å². The van der Waals surface area contributed by atoms with E-state index in [4.69, 9.17) is 0 Å². The van der Waals surface area contributed by atoms with Gasteiger partial charge in [0.2, 0.25) is 0 Å². The molecule has 4 aliphatic rings. The Kier molecular flexibility index (Phi) is 1.69. The number of fused-ring (bicyclic) bond motifs is 1. The zero-order valence-electron chi connectivity index (χ0n) is 8.33. The van der Waals surface area contributed by atoms with Gasteiger partial charge in [-0.1, -0.05) is 0 Å². The second-order valence-corrected chi connectivity index (χ2v) is 5.48. The van der Waals surface area contributed by atoms with Crippen molar-refractivity contribution in [2.75, 3.05) is 6.54 Å². The predicted octanol–water partition coefficient (Wildman–Crippen LogP) is 1.24. The number of nitrogens with one attached hydrogen (secondary N) is 1. The molecule has 3 nitrogen and oxygen atoms in total. The lowest BCUT2D eigenvalue weighted by atomic mass is 9.64. The van der Waals surface area contributed by atoms with Crippen LogP contribution in [0.3, 0.4) is 0 Å². The molecule has 2 aliphatic heterocycles. The molecule has 4 fully saturated rings. The molecule has 0 radical (unpaired) electrons. The van der Waals surface area contributed by atoms with E-state index in [0.29, 0.717) is 11.8 Å². The number of hydrogen-bond acceptors (Lipinski definition) is 2. The molecule has 0 aromatic rings. The Morgan fingerprint density at radius 2 is 1.71 bits per heavy atom. The molecule has 2 unspecified atom stereocenters. The highest BCUT2D eigenvalue weighted by Crippen LogP contribution is 2.48. The standard InChI is InChI=1S/C11H17NO2/c13-10(14)11-4-7-1-8(5-11)3-9(2-7)6-12-11/h7-9,12H,1-6H2,(H,13,14). The van der Waals surface area contributed by atoms with Crippen LogP contribution in [-0.4, -0.2) is 23.2 Å². The van der Waals surface area contributed by atoms with Crippen LogP contribution in [0.25, 0.3) is 0 Å². The Morgan fingerprint density at radius 1 is 1.14 bits per heavy atom. The fraction of sp³-hybridized carbons (Fsp3) is 0.909. The van der Waals surface area contributed by atoms with Crippen molar-refractivity contribution in [3.63, 3.8) is 0 Å². The fourth-order valence-electron chi connectivity index (χ4n) is 4.01. The van der Waals surface area contributed by atoms with Gasteiger partial charge in [-0.25, -0.2) is 0 Å². The summed E-state index contributed by atoms with van der Waals surface area (Å²) in [7, 11) is 0. The fourth-order valence-corrected chi connectivity index (χ4v) is 4.01. The molecule has 3 heteroatoms. The van der Waals surface area contributed by atoms with Crippen molar-refractivity contribution in [1.29, 1.82) is 0 Å². The van der Waals surface area contributed by atoms with E-state index in [-0.39, 0.29) is 0 Å². The van der Waals surface area contributed by atoms with Crippen LogP contribution in [0.4, 0.5) is 0 Å². The van der Waals surface area contributed by atoms with E-state index in [1.54, 1.807) is 0 Å². The summed E-state index contributed by atoms with van der Waals surface area (Å²) in [6.45, 7) is 0.930. The van der Waals surface area contributed by atoms with Gasteiger partial charge in [0.05, 0.1) is 0 Å². The monoisotopic (exact) mass is 195 g/mol. The summed E-state index contributed by atoms with van der Waals surface area (Å²) < 4.78 is 0. The molecule has 0 spiro atoms. The molecule has 4 rings (SSSR count). The Labute approximate surface area is 83.9 Å². The number of hydrogen-bond donors (Lipinski definition) is 2. The Bertz CT molecular complexity index is 262. The van der Waals surface area contributed by atoms with E-state index in [2.05, 4.69) is 5.32 Å². The zero-order valence-corrected chi connectivity index (χ0v) is 8.33. The lowest BCUT2D eigenvalue weighted by Crippen LogP contribution is -2.54. The summed E-state index contributed by atoms with van der Waals surface area (Å²) in [5, 5.41) is 12.7. The van der Waals surface area contributed by atoms with Crippen molar-refractivity contribution in [2.24, 2.45) is 17.8 Å². The number of carboxylic acids is 1. The number of rotatable bonds is 1. The Balaban J connectivity index is 1.97. The second kappa shape index (κ2) is 2.72. The molecule has 2 aliphatic carbocycles. The van der Waals surface area contributed by atoms with E-state index >= 15 is 0 Å². The van der Waals surface area contributed by atoms with Gasteiger partial charge in [-0.3, -0.25) is 4.79 Å². The van der Waals surface area contributed by atoms with Gasteiger partial charge in [-0.2, -0.15) is 0 Å². The highest BCUT2D eigenvalue weighted by molar-refractivity contribution is 5.79. The maximum atomic E-state index is 11.3. The molecule has 14 heavy (non-hydrogen) atoms. The topological polar surface area (TPSA) is 49.3 Å². The summed E-state index contributed by atoms with van der Waals surface area (Å²) in [5.41, 5.74) is -0.557. The molecular formula is C11H17NO2. The van der Waals surface area contributed by atoms with Crippen LogP contribution in [0.2, 0.25) is 0 Å². The molecular weight excluding hydrogens is 178 g/mol. The van der Waals surface area contributed by atoms with Crippen LogP contribution >= 0.6 is 0 Å². The van der Waals surface area contributed by atoms with Crippen molar-refractivity contribution in [3.05, 3.63) is 0 Å². The number of aliphatic carboxylic acids is 1. The lowest BCUT2D eigenvalue weighted by molar-refractivity contribution is -0.147. The third kappa shape index (κ3) is 1.11. The second-order valence-electron chi connectivity index (χ2n) is 5.48. The van der Waals surface area contributed by atoms with Gasteiger partial charge in [0.15, 0.2) is 0 Å². The van der Waals surface area contributed by atoms with Gasteiger partial charge in [-0.05, 0) is 56.4 Å². The minimum Gasteiger partial charge on any atom is -0.480 e. The maximum absolute atomic E-state index is 11.3. The minimum atomic E-state index is -0.616. The molecule has 0 amide bonds. The first kappa shape index (κ1) is 8.72. The molecule has 2 saturated heterocycles. The zero-order chi connectivity index (χ0) is 9.76. The van der Waals surface area contributed by atoms with Crippen LogP contribution < -0.4 is 5.32 Å². The van der Waals surface area contributed by atoms with Crippen LogP contribution in [0.5, 0.6) is 0 Å². The van der Waals surface area contributed by atoms with E-state index < -0.39 is 11.5 Å². The van der Waals surface area contributed by atoms with E-state index in [0.717, 1.165) is 25.3 Å². The molecule has 2 N–H and O–H groups in total. The molecule has 2 saturated carbocycles. The van der Waals surface area contributed by atoms with Gasteiger partial charge in [0, 0.05) is 0 Å². The van der Waals surface area contributed by atoms with Gasteiger partial charge >= 0.3 is 5.97 Å². The molecule has 0 aromatic carbocycles.